The normalized spacial score (nSPS) is 12.3. The minimum absolute atomic E-state index is 0. The number of rotatable bonds is 8. The molecule has 16 nitrogen and oxygen atoms in total. The molecule has 0 radical (unpaired) electrons. The third kappa shape index (κ3) is 10.6. The Morgan fingerprint density at radius 1 is 0.309 bits per heavy atom. The number of fused-ring (bicyclic) bond motifs is 8. The molecule has 3 aromatic heterocycles. The van der Waals surface area contributed by atoms with Gasteiger partial charge < -0.3 is 47.2 Å². The van der Waals surface area contributed by atoms with E-state index >= 15 is 0 Å². The molecule has 68 heavy (non-hydrogen) atoms. The SMILES string of the molecule is O=S(=O)(O)c1ccc(-c2c3nc(c(-c4ccc(S(=O)(=O)O)cc4)c4ccc([nH]4)c(-c4ccc(S(=O)(=O)O)cc4)c4nc(c(-c5ccc(S(=O)(=O)O)cc5)c5ccc2[nH]5)C=C4)C=C3)cc1.[Cl-].[Cl-].[Cl-].[Mn+3]. The van der Waals surface area contributed by atoms with Crippen molar-refractivity contribution in [2.45, 2.75) is 19.6 Å². The van der Waals surface area contributed by atoms with Crippen LogP contribution in [0, 0.1) is 0 Å². The van der Waals surface area contributed by atoms with Gasteiger partial charge in [-0.25, -0.2) is 9.97 Å². The van der Waals surface area contributed by atoms with Gasteiger partial charge in [0.05, 0.1) is 42.4 Å². The van der Waals surface area contributed by atoms with Crippen LogP contribution in [0.1, 0.15) is 22.8 Å². The maximum atomic E-state index is 12.0. The Bertz CT molecular complexity index is 3320. The Balaban J connectivity index is 0.00000216. The van der Waals surface area contributed by atoms with Crippen LogP contribution in [0.4, 0.5) is 0 Å². The minimum Gasteiger partial charge on any atom is -1.00 e. The fourth-order valence-corrected chi connectivity index (χ4v) is 9.51. The van der Waals surface area contributed by atoms with E-state index < -0.39 is 40.5 Å². The minimum atomic E-state index is -4.55. The van der Waals surface area contributed by atoms with E-state index in [2.05, 4.69) is 9.97 Å². The zero-order chi connectivity index (χ0) is 45.3. The van der Waals surface area contributed by atoms with Crippen molar-refractivity contribution < 1.29 is 106 Å². The van der Waals surface area contributed by atoms with Gasteiger partial charge in [0.2, 0.25) is 0 Å². The number of halogens is 3. The molecule has 0 aliphatic carbocycles. The van der Waals surface area contributed by atoms with Crippen LogP contribution in [0.25, 0.3) is 90.9 Å². The van der Waals surface area contributed by atoms with Gasteiger partial charge in [-0.1, -0.05) is 48.5 Å². The number of hydrogen-bond acceptors (Lipinski definition) is 10. The number of aromatic amines is 2. The first kappa shape index (κ1) is 53.5. The van der Waals surface area contributed by atoms with Crippen LogP contribution < -0.4 is 37.2 Å². The number of H-pyrrole nitrogens is 2. The number of nitrogens with zero attached hydrogens (tertiary/aromatic N) is 2. The van der Waals surface area contributed by atoms with Gasteiger partial charge in [-0.2, -0.15) is 33.7 Å². The summed E-state index contributed by atoms with van der Waals surface area (Å²) in [6.07, 6.45) is 6.92. The third-order valence-corrected chi connectivity index (χ3v) is 14.0. The molecule has 0 amide bonds. The maximum absolute atomic E-state index is 12.0. The van der Waals surface area contributed by atoms with Crippen LogP contribution in [0.15, 0.2) is 141 Å². The molecule has 2 aliphatic rings. The van der Waals surface area contributed by atoms with E-state index in [0.29, 0.717) is 89.4 Å². The first-order valence-electron chi connectivity index (χ1n) is 18.7. The summed E-state index contributed by atoms with van der Waals surface area (Å²) in [4.78, 5) is 15.6. The smallest absolute Gasteiger partial charge is 1.00 e. The molecule has 6 N–H and O–H groups in total. The average molecular weight is 1100 g/mol. The number of benzene rings is 4. The number of hydrogen-bond donors (Lipinski definition) is 6. The molecular weight excluding hydrogens is 1070 g/mol. The van der Waals surface area contributed by atoms with Crippen molar-refractivity contribution in [3.8, 4) is 44.5 Å². The quantitative estimate of drug-likeness (QED) is 0.0814. The molecular formula is C44H30Cl3MnN4O12S4. The predicted octanol–water partition coefficient (Wildman–Crippen LogP) is -0.680. The summed E-state index contributed by atoms with van der Waals surface area (Å²) in [6.45, 7) is 0. The standard InChI is InChI=1S/C44H30N4O12S4.3ClH.Mn/c49-61(50,51)29-9-1-25(2-10-29)41-33-17-19-35(45-33)42(26-3-11-30(12-4-26)62(52,53)54)37-21-23-39(47-37)44(28-7-15-32(16-8-28)64(58,59)60)40-24-22-38(48-40)43(36-20-18-34(41)46-36)27-5-13-31(14-6-27)63(55,56)57;;;;/h1-24,45,48H,(H,49,50,51)(H,52,53,54)(H,55,56,57)(H,58,59,60);3*1H;/q;;;;+3/p-3. The molecule has 0 fully saturated rings. The van der Waals surface area contributed by atoms with Crippen molar-refractivity contribution in [2.75, 3.05) is 0 Å². The molecule has 7 aromatic rings. The summed E-state index contributed by atoms with van der Waals surface area (Å²) in [6, 6.07) is 29.0. The van der Waals surface area contributed by atoms with Crippen LogP contribution in [0.2, 0.25) is 0 Å². The molecule has 24 heteroatoms. The Morgan fingerprint density at radius 2 is 0.485 bits per heavy atom. The molecule has 8 bridgehead atoms. The van der Waals surface area contributed by atoms with E-state index in [-0.39, 0.29) is 73.9 Å². The first-order chi connectivity index (χ1) is 30.2. The van der Waals surface area contributed by atoms with Gasteiger partial charge in [-0.3, -0.25) is 18.2 Å². The molecule has 0 saturated carbocycles. The summed E-state index contributed by atoms with van der Waals surface area (Å²) in [5.41, 5.74) is 7.41. The summed E-state index contributed by atoms with van der Waals surface area (Å²) in [7, 11) is -18.2. The monoisotopic (exact) mass is 1090 g/mol. The molecule has 350 valence electrons. The molecule has 9 rings (SSSR count). The van der Waals surface area contributed by atoms with E-state index in [0.717, 1.165) is 0 Å². The Hall–Kier alpha value is -5.49. The Labute approximate surface area is 418 Å². The van der Waals surface area contributed by atoms with E-state index in [1.54, 1.807) is 48.6 Å². The van der Waals surface area contributed by atoms with Crippen LogP contribution >= 0.6 is 0 Å². The summed E-state index contributed by atoms with van der Waals surface area (Å²) in [5, 5.41) is 0. The third-order valence-electron chi connectivity index (χ3n) is 10.5. The fraction of sp³-hybridized carbons (Fsp3) is 0. The van der Waals surface area contributed by atoms with Gasteiger partial charge in [0, 0.05) is 44.3 Å². The van der Waals surface area contributed by atoms with Gasteiger partial charge in [-0.05, 0) is 119 Å². The molecule has 0 unspecified atom stereocenters. The Kier molecular flexibility index (Phi) is 15.6. The van der Waals surface area contributed by atoms with Crippen molar-refractivity contribution in [1.29, 1.82) is 0 Å². The van der Waals surface area contributed by atoms with E-state index in [1.165, 1.54) is 97.1 Å². The van der Waals surface area contributed by atoms with Crippen molar-refractivity contribution in [3.05, 3.63) is 144 Å². The first-order valence-corrected chi connectivity index (χ1v) is 24.5. The van der Waals surface area contributed by atoms with Crippen LogP contribution in [0.5, 0.6) is 0 Å². The topological polar surface area (TPSA) is 275 Å². The molecule has 4 aromatic carbocycles. The van der Waals surface area contributed by atoms with Crippen molar-refractivity contribution >= 4 is 86.8 Å². The van der Waals surface area contributed by atoms with Gasteiger partial charge in [0.25, 0.3) is 40.5 Å². The molecule has 0 saturated heterocycles. The molecule has 0 atom stereocenters. The zero-order valence-electron chi connectivity index (χ0n) is 34.0. The zero-order valence-corrected chi connectivity index (χ0v) is 40.7. The van der Waals surface area contributed by atoms with Crippen molar-refractivity contribution in [2.24, 2.45) is 0 Å². The fourth-order valence-electron chi connectivity index (χ4n) is 7.59. The average Bonchev–Trinajstić information content (AvgIpc) is 4.08. The van der Waals surface area contributed by atoms with Gasteiger partial charge in [0.15, 0.2) is 0 Å². The molecule has 0 spiro atoms. The van der Waals surface area contributed by atoms with Crippen molar-refractivity contribution in [3.63, 3.8) is 0 Å². The predicted molar refractivity (Wildman–Crippen MR) is 240 cm³/mol. The number of nitrogens with one attached hydrogen (secondary N) is 2. The van der Waals surface area contributed by atoms with E-state index in [1.807, 2.05) is 0 Å². The van der Waals surface area contributed by atoms with Crippen LogP contribution in [0.3, 0.4) is 0 Å². The largest absolute Gasteiger partial charge is 3.00 e. The van der Waals surface area contributed by atoms with Gasteiger partial charge in [0.1, 0.15) is 0 Å². The second-order valence-corrected chi connectivity index (χ2v) is 20.2. The molecule has 2 aliphatic heterocycles. The van der Waals surface area contributed by atoms with Crippen LogP contribution in [-0.2, 0) is 57.5 Å². The summed E-state index contributed by atoms with van der Waals surface area (Å²) >= 11 is 0. The Morgan fingerprint density at radius 3 is 0.647 bits per heavy atom. The van der Waals surface area contributed by atoms with Crippen molar-refractivity contribution in [1.82, 2.24) is 19.9 Å². The number of aromatic nitrogens is 4. The molecule has 5 heterocycles. The second-order valence-electron chi connectivity index (χ2n) is 14.5. The van der Waals surface area contributed by atoms with Crippen LogP contribution in [-0.4, -0.2) is 71.8 Å². The second kappa shape index (κ2) is 19.9. The maximum Gasteiger partial charge on any atom is 3.00 e. The van der Waals surface area contributed by atoms with Gasteiger partial charge >= 0.3 is 17.1 Å². The summed E-state index contributed by atoms with van der Waals surface area (Å²) in [5.74, 6) is 0. The summed E-state index contributed by atoms with van der Waals surface area (Å²) < 4.78 is 135. The van der Waals surface area contributed by atoms with E-state index in [4.69, 9.17) is 9.97 Å². The van der Waals surface area contributed by atoms with E-state index in [9.17, 15) is 51.9 Å². The van der Waals surface area contributed by atoms with Gasteiger partial charge in [-0.15, -0.1) is 0 Å².